The molecular weight excluding hydrogens is 332 g/mol. The maximum atomic E-state index is 3.66. The molecule has 0 saturated carbocycles. The van der Waals surface area contributed by atoms with Crippen molar-refractivity contribution in [3.05, 3.63) is 94.0 Å². The zero-order valence-corrected chi connectivity index (χ0v) is 13.7. The van der Waals surface area contributed by atoms with Crippen molar-refractivity contribution < 1.29 is 0 Å². The number of benzene rings is 3. The molecular formula is C21H15Br. The minimum absolute atomic E-state index is 1.02. The number of halogens is 1. The van der Waals surface area contributed by atoms with Crippen LogP contribution in [0.1, 0.15) is 16.7 Å². The molecule has 4 rings (SSSR count). The second-order valence-corrected chi connectivity index (χ2v) is 6.43. The molecule has 22 heavy (non-hydrogen) atoms. The van der Waals surface area contributed by atoms with Crippen LogP contribution in [0.25, 0.3) is 22.4 Å². The Morgan fingerprint density at radius 1 is 0.864 bits per heavy atom. The highest BCUT2D eigenvalue weighted by Gasteiger charge is 2.18. The molecule has 0 saturated heterocycles. The number of hydrogen-bond acceptors (Lipinski definition) is 0. The molecule has 0 bridgehead atoms. The van der Waals surface area contributed by atoms with E-state index < -0.39 is 0 Å². The number of allylic oxidation sites excluding steroid dienone is 3. The standard InChI is InChI=1S/C21H15Br/c22-20-13-12-17-14-16(18-10-5-11-19(20)21(17)18)9-4-8-15-6-2-1-3-7-15/h1-13H,14H2. The van der Waals surface area contributed by atoms with Gasteiger partial charge in [-0.25, -0.2) is 0 Å². The summed E-state index contributed by atoms with van der Waals surface area (Å²) in [7, 11) is 0. The Morgan fingerprint density at radius 2 is 1.73 bits per heavy atom. The minimum atomic E-state index is 1.02. The van der Waals surface area contributed by atoms with E-state index >= 15 is 0 Å². The lowest BCUT2D eigenvalue weighted by Gasteiger charge is -2.03. The lowest BCUT2D eigenvalue weighted by atomic mass is 10.0. The SMILES string of the molecule is Brc1ccc2c3c(cccc13)C(=CC=Cc1ccccc1)C2. The number of hydrogen-bond donors (Lipinski definition) is 0. The van der Waals surface area contributed by atoms with Crippen LogP contribution in [-0.2, 0) is 6.42 Å². The topological polar surface area (TPSA) is 0 Å². The van der Waals surface area contributed by atoms with Gasteiger partial charge < -0.3 is 0 Å². The molecule has 0 aromatic heterocycles. The Balaban J connectivity index is 1.74. The fourth-order valence-corrected chi connectivity index (χ4v) is 3.61. The van der Waals surface area contributed by atoms with Crippen molar-refractivity contribution in [1.82, 2.24) is 0 Å². The predicted octanol–water partition coefficient (Wildman–Crippen LogP) is 6.26. The molecule has 1 aliphatic rings. The van der Waals surface area contributed by atoms with Gasteiger partial charge in [-0.15, -0.1) is 0 Å². The van der Waals surface area contributed by atoms with Crippen molar-refractivity contribution in [2.45, 2.75) is 6.42 Å². The predicted molar refractivity (Wildman–Crippen MR) is 98.8 cm³/mol. The van der Waals surface area contributed by atoms with Crippen LogP contribution >= 0.6 is 15.9 Å². The van der Waals surface area contributed by atoms with Crippen LogP contribution in [0, 0.1) is 0 Å². The molecule has 1 heteroatoms. The Hall–Kier alpha value is -2.12. The van der Waals surface area contributed by atoms with Crippen LogP contribution in [0.4, 0.5) is 0 Å². The summed E-state index contributed by atoms with van der Waals surface area (Å²) in [6.45, 7) is 0. The summed E-state index contributed by atoms with van der Waals surface area (Å²) in [5.74, 6) is 0. The van der Waals surface area contributed by atoms with Gasteiger partial charge in [-0.3, -0.25) is 0 Å². The molecule has 0 amide bonds. The quantitative estimate of drug-likeness (QED) is 0.514. The highest BCUT2D eigenvalue weighted by atomic mass is 79.9. The first-order valence-electron chi connectivity index (χ1n) is 7.46. The molecule has 106 valence electrons. The third kappa shape index (κ3) is 2.32. The van der Waals surface area contributed by atoms with Crippen molar-refractivity contribution in [2.24, 2.45) is 0 Å². The van der Waals surface area contributed by atoms with E-state index in [2.05, 4.69) is 88.8 Å². The Kier molecular flexibility index (Phi) is 3.44. The van der Waals surface area contributed by atoms with Crippen LogP contribution in [0.3, 0.4) is 0 Å². The van der Waals surface area contributed by atoms with E-state index in [0.717, 1.165) is 6.42 Å². The molecule has 0 spiro atoms. The van der Waals surface area contributed by atoms with E-state index in [4.69, 9.17) is 0 Å². The average Bonchev–Trinajstić information content (AvgIpc) is 2.92. The van der Waals surface area contributed by atoms with Crippen molar-refractivity contribution >= 4 is 38.4 Å². The summed E-state index contributed by atoms with van der Waals surface area (Å²) in [4.78, 5) is 0. The Labute approximate surface area is 138 Å². The average molecular weight is 347 g/mol. The van der Waals surface area contributed by atoms with Gasteiger partial charge in [-0.2, -0.15) is 0 Å². The molecule has 0 aliphatic heterocycles. The van der Waals surface area contributed by atoms with Gasteiger partial charge in [-0.05, 0) is 45.5 Å². The van der Waals surface area contributed by atoms with Crippen molar-refractivity contribution in [2.75, 3.05) is 0 Å². The van der Waals surface area contributed by atoms with Crippen molar-refractivity contribution in [1.29, 1.82) is 0 Å². The van der Waals surface area contributed by atoms with E-state index in [9.17, 15) is 0 Å². The Bertz CT molecular complexity index is 902. The maximum Gasteiger partial charge on any atom is 0.0254 e. The van der Waals surface area contributed by atoms with Crippen molar-refractivity contribution in [3.8, 4) is 0 Å². The van der Waals surface area contributed by atoms with Crippen LogP contribution in [0.5, 0.6) is 0 Å². The molecule has 0 heterocycles. The van der Waals surface area contributed by atoms with Crippen LogP contribution < -0.4 is 0 Å². The van der Waals surface area contributed by atoms with Gasteiger partial charge >= 0.3 is 0 Å². The molecule has 0 nitrogen and oxygen atoms in total. The third-order valence-corrected chi connectivity index (χ3v) is 4.88. The van der Waals surface area contributed by atoms with E-state index in [1.54, 1.807) is 0 Å². The number of rotatable bonds is 2. The van der Waals surface area contributed by atoms with Crippen LogP contribution in [0.15, 0.2) is 77.3 Å². The molecule has 0 unspecified atom stereocenters. The zero-order chi connectivity index (χ0) is 14.9. The summed E-state index contributed by atoms with van der Waals surface area (Å²) in [5.41, 5.74) is 5.42. The smallest absolute Gasteiger partial charge is 0.0254 e. The highest BCUT2D eigenvalue weighted by molar-refractivity contribution is 9.10. The normalized spacial score (nSPS) is 15.2. The van der Waals surface area contributed by atoms with E-state index in [-0.39, 0.29) is 0 Å². The minimum Gasteiger partial charge on any atom is -0.0622 e. The summed E-state index contributed by atoms with van der Waals surface area (Å²) >= 11 is 3.66. The molecule has 0 radical (unpaired) electrons. The van der Waals surface area contributed by atoms with Crippen molar-refractivity contribution in [3.63, 3.8) is 0 Å². The highest BCUT2D eigenvalue weighted by Crippen LogP contribution is 2.40. The second kappa shape index (κ2) is 5.58. The van der Waals surface area contributed by atoms with Gasteiger partial charge in [0.1, 0.15) is 0 Å². The molecule has 3 aromatic rings. The molecule has 0 N–H and O–H groups in total. The van der Waals surface area contributed by atoms with E-state index in [0.29, 0.717) is 0 Å². The first-order valence-corrected chi connectivity index (χ1v) is 8.25. The Morgan fingerprint density at radius 3 is 2.59 bits per heavy atom. The fourth-order valence-electron chi connectivity index (χ4n) is 3.15. The molecule has 3 aromatic carbocycles. The summed E-state index contributed by atoms with van der Waals surface area (Å²) in [6, 6.07) is 21.4. The van der Waals surface area contributed by atoms with E-state index in [1.807, 2.05) is 6.07 Å². The van der Waals surface area contributed by atoms with Gasteiger partial charge in [0.15, 0.2) is 0 Å². The first kappa shape index (κ1) is 13.5. The molecule has 0 fully saturated rings. The summed E-state index contributed by atoms with van der Waals surface area (Å²) in [5, 5.41) is 2.71. The largest absolute Gasteiger partial charge is 0.0622 e. The zero-order valence-electron chi connectivity index (χ0n) is 12.1. The van der Waals surface area contributed by atoms with Gasteiger partial charge in [-0.1, -0.05) is 88.8 Å². The molecule has 0 atom stereocenters. The van der Waals surface area contributed by atoms with Gasteiger partial charge in [0, 0.05) is 4.47 Å². The second-order valence-electron chi connectivity index (χ2n) is 5.57. The maximum absolute atomic E-state index is 3.66. The van der Waals surface area contributed by atoms with E-state index in [1.165, 1.54) is 37.5 Å². The summed E-state index contributed by atoms with van der Waals surface area (Å²) < 4.78 is 1.18. The monoisotopic (exact) mass is 346 g/mol. The third-order valence-electron chi connectivity index (χ3n) is 4.19. The van der Waals surface area contributed by atoms with Gasteiger partial charge in [0.2, 0.25) is 0 Å². The van der Waals surface area contributed by atoms with Gasteiger partial charge in [0.05, 0.1) is 0 Å². The van der Waals surface area contributed by atoms with Gasteiger partial charge in [0.25, 0.3) is 0 Å². The summed E-state index contributed by atoms with van der Waals surface area (Å²) in [6.07, 6.45) is 7.58. The fraction of sp³-hybridized carbons (Fsp3) is 0.0476. The van der Waals surface area contributed by atoms with Crippen LogP contribution in [-0.4, -0.2) is 0 Å². The lowest BCUT2D eigenvalue weighted by Crippen LogP contribution is -1.79. The first-order chi connectivity index (χ1) is 10.8. The molecule has 1 aliphatic carbocycles. The lowest BCUT2D eigenvalue weighted by molar-refractivity contribution is 1.37. The van der Waals surface area contributed by atoms with Crippen LogP contribution in [0.2, 0.25) is 0 Å².